The van der Waals surface area contributed by atoms with E-state index in [9.17, 15) is 9.36 Å². The molecule has 5 nitrogen and oxygen atoms in total. The Labute approximate surface area is 115 Å². The Morgan fingerprint density at radius 3 is 2.11 bits per heavy atom. The molecule has 0 saturated heterocycles. The third-order valence-electron chi connectivity index (χ3n) is 2.64. The number of allylic oxidation sites excluding steroid dienone is 1. The van der Waals surface area contributed by atoms with Crippen molar-refractivity contribution >= 4 is 13.6 Å². The lowest BCUT2D eigenvalue weighted by molar-refractivity contribution is -0.137. The van der Waals surface area contributed by atoms with Crippen molar-refractivity contribution in [3.63, 3.8) is 0 Å². The van der Waals surface area contributed by atoms with Crippen LogP contribution < -0.4 is 0 Å². The van der Waals surface area contributed by atoms with Gasteiger partial charge < -0.3 is 14.5 Å². The molecule has 0 aromatic heterocycles. The van der Waals surface area contributed by atoms with Gasteiger partial charge in [-0.2, -0.15) is 0 Å². The van der Waals surface area contributed by atoms with Crippen molar-refractivity contribution in [2.75, 3.05) is 12.8 Å². The summed E-state index contributed by atoms with van der Waals surface area (Å²) in [6.45, 7) is 2.23. The van der Waals surface area contributed by atoms with E-state index in [1.165, 1.54) is 6.08 Å². The normalized spacial score (nSPS) is 11.9. The Kier molecular flexibility index (Phi) is 10.8. The minimum Gasteiger partial charge on any atom is -0.463 e. The fourth-order valence-corrected chi connectivity index (χ4v) is 2.30. The molecule has 0 aliphatic heterocycles. The first-order valence-electron chi connectivity index (χ1n) is 6.80. The van der Waals surface area contributed by atoms with Gasteiger partial charge in [-0.15, -0.1) is 0 Å². The first kappa shape index (κ1) is 18.4. The highest BCUT2D eigenvalue weighted by molar-refractivity contribution is 7.51. The van der Waals surface area contributed by atoms with Crippen LogP contribution in [0, 0.1) is 0 Å². The summed E-state index contributed by atoms with van der Waals surface area (Å²) >= 11 is 0. The zero-order chi connectivity index (χ0) is 14.6. The lowest BCUT2D eigenvalue weighted by Gasteiger charge is -2.04. The van der Waals surface area contributed by atoms with Gasteiger partial charge in [0.05, 0.1) is 6.61 Å². The highest BCUT2D eigenvalue weighted by Gasteiger charge is 2.10. The van der Waals surface area contributed by atoms with Crippen LogP contribution >= 0.6 is 7.60 Å². The van der Waals surface area contributed by atoms with Crippen LogP contribution in [0.2, 0.25) is 0 Å². The number of rotatable bonds is 11. The lowest BCUT2D eigenvalue weighted by Crippen LogP contribution is -2.01. The van der Waals surface area contributed by atoms with Crippen molar-refractivity contribution in [2.24, 2.45) is 0 Å². The first-order valence-corrected chi connectivity index (χ1v) is 8.59. The molecule has 112 valence electrons. The summed E-state index contributed by atoms with van der Waals surface area (Å²) in [6, 6.07) is 0. The number of carbonyl (C=O) groups is 1. The van der Waals surface area contributed by atoms with E-state index in [0.29, 0.717) is 13.0 Å². The molecule has 0 atom stereocenters. The van der Waals surface area contributed by atoms with Crippen molar-refractivity contribution in [2.45, 2.75) is 51.9 Å². The van der Waals surface area contributed by atoms with Gasteiger partial charge in [0, 0.05) is 12.2 Å². The van der Waals surface area contributed by atoms with Crippen LogP contribution in [0.1, 0.15) is 51.9 Å². The molecule has 0 unspecified atom stereocenters. The van der Waals surface area contributed by atoms with E-state index in [1.807, 2.05) is 0 Å². The van der Waals surface area contributed by atoms with E-state index in [1.54, 1.807) is 13.0 Å². The van der Waals surface area contributed by atoms with Crippen molar-refractivity contribution in [1.29, 1.82) is 0 Å². The molecule has 0 saturated carbocycles. The molecule has 0 aliphatic carbocycles. The maximum absolute atomic E-state index is 11.0. The van der Waals surface area contributed by atoms with Gasteiger partial charge in [-0.05, 0) is 19.8 Å². The van der Waals surface area contributed by atoms with E-state index in [0.717, 1.165) is 38.5 Å². The number of hydrogen-bond donors (Lipinski definition) is 2. The molecule has 0 aromatic carbocycles. The quantitative estimate of drug-likeness (QED) is 0.265. The van der Waals surface area contributed by atoms with Crippen LogP contribution in [0.5, 0.6) is 0 Å². The van der Waals surface area contributed by atoms with Gasteiger partial charge in [0.1, 0.15) is 0 Å². The van der Waals surface area contributed by atoms with Crippen molar-refractivity contribution in [3.8, 4) is 0 Å². The zero-order valence-electron chi connectivity index (χ0n) is 11.6. The summed E-state index contributed by atoms with van der Waals surface area (Å²) in [5.74, 6) is -0.292. The molecule has 0 rings (SSSR count). The molecule has 0 radical (unpaired) electrons. The maximum atomic E-state index is 11.0. The lowest BCUT2D eigenvalue weighted by atomic mass is 10.1. The second-order valence-corrected chi connectivity index (χ2v) is 6.31. The van der Waals surface area contributed by atoms with Crippen LogP contribution in [0.25, 0.3) is 0 Å². The van der Waals surface area contributed by atoms with Gasteiger partial charge in [-0.3, -0.25) is 4.57 Å². The van der Waals surface area contributed by atoms with E-state index in [4.69, 9.17) is 14.5 Å². The standard InChI is InChI=1S/C13H25O5P/c1-2-10-13(14)18-11-8-6-4-3-5-7-9-12-19(15,16)17/h2,10H,3-9,11-12H2,1H3,(H2,15,16,17). The molecule has 0 spiro atoms. The van der Waals surface area contributed by atoms with Gasteiger partial charge in [-0.25, -0.2) is 4.79 Å². The average Bonchev–Trinajstić information content (AvgIpc) is 2.30. The van der Waals surface area contributed by atoms with Gasteiger partial charge in [-0.1, -0.05) is 38.2 Å². The minimum absolute atomic E-state index is 0.00605. The summed E-state index contributed by atoms with van der Waals surface area (Å²) in [6.07, 6.45) is 9.51. The molecule has 0 amide bonds. The Morgan fingerprint density at radius 2 is 1.58 bits per heavy atom. The Balaban J connectivity index is 3.19. The SMILES string of the molecule is CC=CC(=O)OCCCCCCCCCP(=O)(O)O. The Bertz CT molecular complexity index is 308. The molecule has 0 heterocycles. The predicted octanol–water partition coefficient (Wildman–Crippen LogP) is 3.01. The number of esters is 1. The van der Waals surface area contributed by atoms with Gasteiger partial charge in [0.2, 0.25) is 0 Å². The summed E-state index contributed by atoms with van der Waals surface area (Å²) in [5.41, 5.74) is 0. The number of carbonyl (C=O) groups excluding carboxylic acids is 1. The predicted molar refractivity (Wildman–Crippen MR) is 75.0 cm³/mol. The Morgan fingerprint density at radius 1 is 1.05 bits per heavy atom. The van der Waals surface area contributed by atoms with E-state index in [-0.39, 0.29) is 12.1 Å². The highest BCUT2D eigenvalue weighted by Crippen LogP contribution is 2.35. The summed E-state index contributed by atoms with van der Waals surface area (Å²) in [5, 5.41) is 0. The summed E-state index contributed by atoms with van der Waals surface area (Å²) < 4.78 is 15.5. The average molecular weight is 292 g/mol. The number of unbranched alkanes of at least 4 members (excludes halogenated alkanes) is 6. The monoisotopic (exact) mass is 292 g/mol. The molecule has 2 N–H and O–H groups in total. The number of hydrogen-bond acceptors (Lipinski definition) is 3. The van der Waals surface area contributed by atoms with Crippen molar-refractivity contribution < 1.29 is 23.9 Å². The van der Waals surface area contributed by atoms with Gasteiger partial charge in [0.15, 0.2) is 0 Å². The minimum atomic E-state index is -3.81. The third kappa shape index (κ3) is 15.3. The summed E-state index contributed by atoms with van der Waals surface area (Å²) in [4.78, 5) is 28.3. The van der Waals surface area contributed by atoms with Crippen molar-refractivity contribution in [1.82, 2.24) is 0 Å². The second kappa shape index (κ2) is 11.2. The third-order valence-corrected chi connectivity index (χ3v) is 3.54. The van der Waals surface area contributed by atoms with E-state index >= 15 is 0 Å². The number of ether oxygens (including phenoxy) is 1. The largest absolute Gasteiger partial charge is 0.463 e. The molecule has 6 heteroatoms. The van der Waals surface area contributed by atoms with Gasteiger partial charge >= 0.3 is 13.6 Å². The topological polar surface area (TPSA) is 83.8 Å². The Hall–Kier alpha value is -0.640. The van der Waals surface area contributed by atoms with E-state index < -0.39 is 7.60 Å². The van der Waals surface area contributed by atoms with Crippen LogP contribution in [-0.4, -0.2) is 28.5 Å². The summed E-state index contributed by atoms with van der Waals surface area (Å²) in [7, 11) is -3.81. The fourth-order valence-electron chi connectivity index (χ4n) is 1.66. The molecule has 0 aliphatic rings. The van der Waals surface area contributed by atoms with Crippen LogP contribution in [0.3, 0.4) is 0 Å². The molecular weight excluding hydrogens is 267 g/mol. The molecule has 0 fully saturated rings. The highest BCUT2D eigenvalue weighted by atomic mass is 31.2. The van der Waals surface area contributed by atoms with Crippen LogP contribution in [-0.2, 0) is 14.1 Å². The smallest absolute Gasteiger partial charge is 0.330 e. The molecule has 0 aromatic rings. The molecule has 19 heavy (non-hydrogen) atoms. The van der Waals surface area contributed by atoms with Crippen LogP contribution in [0.4, 0.5) is 0 Å². The van der Waals surface area contributed by atoms with E-state index in [2.05, 4.69) is 0 Å². The first-order chi connectivity index (χ1) is 8.95. The maximum Gasteiger partial charge on any atom is 0.330 e. The molecular formula is C13H25O5P. The second-order valence-electron chi connectivity index (χ2n) is 4.53. The molecule has 0 bridgehead atoms. The zero-order valence-corrected chi connectivity index (χ0v) is 12.5. The van der Waals surface area contributed by atoms with Crippen molar-refractivity contribution in [3.05, 3.63) is 12.2 Å². The fraction of sp³-hybridized carbons (Fsp3) is 0.769. The van der Waals surface area contributed by atoms with Crippen LogP contribution in [0.15, 0.2) is 12.2 Å². The van der Waals surface area contributed by atoms with Gasteiger partial charge in [0.25, 0.3) is 0 Å².